The van der Waals surface area contributed by atoms with Crippen molar-refractivity contribution >= 4 is 27.5 Å². The second-order valence-electron chi connectivity index (χ2n) is 3.85. The van der Waals surface area contributed by atoms with Crippen molar-refractivity contribution in [2.45, 2.75) is 0 Å². The van der Waals surface area contributed by atoms with Crippen LogP contribution in [-0.4, -0.2) is 5.91 Å². The van der Waals surface area contributed by atoms with E-state index in [0.717, 1.165) is 18.2 Å². The SMILES string of the molecule is N#Cc1c(F)cccc1NC(=O)c1ccc(F)cc1Br. The Labute approximate surface area is 122 Å². The van der Waals surface area contributed by atoms with Crippen molar-refractivity contribution in [2.24, 2.45) is 0 Å². The van der Waals surface area contributed by atoms with Gasteiger partial charge in [-0.1, -0.05) is 6.07 Å². The maximum Gasteiger partial charge on any atom is 0.256 e. The lowest BCUT2D eigenvalue weighted by Crippen LogP contribution is -2.14. The van der Waals surface area contributed by atoms with Gasteiger partial charge < -0.3 is 5.32 Å². The molecule has 1 amide bonds. The van der Waals surface area contributed by atoms with Gasteiger partial charge in [0.15, 0.2) is 0 Å². The predicted octanol–water partition coefficient (Wildman–Crippen LogP) is 3.85. The third-order valence-electron chi connectivity index (χ3n) is 2.55. The van der Waals surface area contributed by atoms with E-state index in [2.05, 4.69) is 21.2 Å². The number of anilines is 1. The molecule has 0 aliphatic rings. The molecule has 0 heterocycles. The Kier molecular flexibility index (Phi) is 4.11. The molecule has 1 N–H and O–H groups in total. The van der Waals surface area contributed by atoms with Crippen molar-refractivity contribution in [3.8, 4) is 6.07 Å². The summed E-state index contributed by atoms with van der Waals surface area (Å²) in [6.45, 7) is 0. The molecule has 100 valence electrons. The van der Waals surface area contributed by atoms with Crippen LogP contribution in [0.3, 0.4) is 0 Å². The molecule has 0 atom stereocenters. The molecule has 0 bridgehead atoms. The van der Waals surface area contributed by atoms with Crippen molar-refractivity contribution in [3.05, 3.63) is 63.6 Å². The van der Waals surface area contributed by atoms with Crippen LogP contribution in [0.4, 0.5) is 14.5 Å². The van der Waals surface area contributed by atoms with Crippen LogP contribution in [-0.2, 0) is 0 Å². The molecule has 6 heteroatoms. The number of hydrogen-bond donors (Lipinski definition) is 1. The number of carbonyl (C=O) groups excluding carboxylic acids is 1. The van der Waals surface area contributed by atoms with Crippen LogP contribution in [0.25, 0.3) is 0 Å². The minimum atomic E-state index is -0.719. The maximum absolute atomic E-state index is 13.4. The van der Waals surface area contributed by atoms with Crippen molar-refractivity contribution in [3.63, 3.8) is 0 Å². The van der Waals surface area contributed by atoms with E-state index < -0.39 is 17.5 Å². The van der Waals surface area contributed by atoms with Gasteiger partial charge >= 0.3 is 0 Å². The third-order valence-corrected chi connectivity index (χ3v) is 3.21. The van der Waals surface area contributed by atoms with Crippen LogP contribution in [0.5, 0.6) is 0 Å². The number of halogens is 3. The Balaban J connectivity index is 2.33. The Bertz CT molecular complexity index is 726. The zero-order valence-electron chi connectivity index (χ0n) is 9.95. The van der Waals surface area contributed by atoms with E-state index in [-0.39, 0.29) is 21.3 Å². The van der Waals surface area contributed by atoms with Gasteiger partial charge in [0, 0.05) is 4.47 Å². The first-order chi connectivity index (χ1) is 9.52. The molecule has 20 heavy (non-hydrogen) atoms. The number of benzene rings is 2. The summed E-state index contributed by atoms with van der Waals surface area (Å²) in [6, 6.07) is 9.18. The highest BCUT2D eigenvalue weighted by Crippen LogP contribution is 2.22. The Morgan fingerprint density at radius 2 is 2.00 bits per heavy atom. The van der Waals surface area contributed by atoms with Gasteiger partial charge in [0.25, 0.3) is 5.91 Å². The molecule has 2 aromatic rings. The van der Waals surface area contributed by atoms with Gasteiger partial charge in [-0.25, -0.2) is 8.78 Å². The number of hydrogen-bond acceptors (Lipinski definition) is 2. The van der Waals surface area contributed by atoms with Crippen LogP contribution in [0.1, 0.15) is 15.9 Å². The summed E-state index contributed by atoms with van der Waals surface area (Å²) in [5, 5.41) is 11.3. The van der Waals surface area contributed by atoms with E-state index in [9.17, 15) is 13.6 Å². The molecule has 0 unspecified atom stereocenters. The monoisotopic (exact) mass is 336 g/mol. The summed E-state index contributed by atoms with van der Waals surface area (Å²) in [5.74, 6) is -1.78. The van der Waals surface area contributed by atoms with E-state index in [1.165, 1.54) is 18.2 Å². The molecule has 0 radical (unpaired) electrons. The summed E-state index contributed by atoms with van der Waals surface area (Å²) in [7, 11) is 0. The van der Waals surface area contributed by atoms with Crippen molar-refractivity contribution in [1.29, 1.82) is 5.26 Å². The molecule has 2 aromatic carbocycles. The van der Waals surface area contributed by atoms with Gasteiger partial charge in [0.05, 0.1) is 11.3 Å². The second-order valence-corrected chi connectivity index (χ2v) is 4.71. The first-order valence-corrected chi connectivity index (χ1v) is 6.27. The summed E-state index contributed by atoms with van der Waals surface area (Å²) in [6.07, 6.45) is 0. The van der Waals surface area contributed by atoms with E-state index in [4.69, 9.17) is 5.26 Å². The molecule has 0 saturated heterocycles. The maximum atomic E-state index is 13.4. The van der Waals surface area contributed by atoms with Gasteiger partial charge in [0.2, 0.25) is 0 Å². The molecular formula is C14H7BrF2N2O. The first kappa shape index (κ1) is 14.2. The highest BCUT2D eigenvalue weighted by molar-refractivity contribution is 9.10. The van der Waals surface area contributed by atoms with Crippen LogP contribution < -0.4 is 5.32 Å². The third kappa shape index (κ3) is 2.83. The highest BCUT2D eigenvalue weighted by atomic mass is 79.9. The number of nitrogens with zero attached hydrogens (tertiary/aromatic N) is 1. The van der Waals surface area contributed by atoms with Gasteiger partial charge in [-0.15, -0.1) is 0 Å². The van der Waals surface area contributed by atoms with Gasteiger partial charge in [-0.05, 0) is 46.3 Å². The highest BCUT2D eigenvalue weighted by Gasteiger charge is 2.14. The van der Waals surface area contributed by atoms with Crippen LogP contribution in [0.2, 0.25) is 0 Å². The van der Waals surface area contributed by atoms with E-state index in [1.807, 2.05) is 0 Å². The smallest absolute Gasteiger partial charge is 0.256 e. The first-order valence-electron chi connectivity index (χ1n) is 5.48. The van der Waals surface area contributed by atoms with E-state index in [0.29, 0.717) is 0 Å². The normalized spacial score (nSPS) is 9.90. The fourth-order valence-corrected chi connectivity index (χ4v) is 2.14. The molecular weight excluding hydrogens is 330 g/mol. The molecule has 0 aliphatic carbocycles. The van der Waals surface area contributed by atoms with E-state index >= 15 is 0 Å². The number of amides is 1. The lowest BCUT2D eigenvalue weighted by atomic mass is 10.1. The summed E-state index contributed by atoms with van der Waals surface area (Å²) in [4.78, 5) is 12.0. The molecule has 0 aromatic heterocycles. The summed E-state index contributed by atoms with van der Waals surface area (Å²) >= 11 is 3.07. The number of carbonyl (C=O) groups is 1. The zero-order valence-corrected chi connectivity index (χ0v) is 11.5. The largest absolute Gasteiger partial charge is 0.321 e. The Morgan fingerprint density at radius 1 is 1.25 bits per heavy atom. The van der Waals surface area contributed by atoms with Crippen LogP contribution in [0.15, 0.2) is 40.9 Å². The molecule has 0 aliphatic heterocycles. The lowest BCUT2D eigenvalue weighted by Gasteiger charge is -2.08. The number of nitriles is 1. The average Bonchev–Trinajstić information content (AvgIpc) is 2.38. The minimum absolute atomic E-state index is 0.0636. The lowest BCUT2D eigenvalue weighted by molar-refractivity contribution is 0.102. The molecule has 0 saturated carbocycles. The van der Waals surface area contributed by atoms with Crippen molar-refractivity contribution in [1.82, 2.24) is 0 Å². The predicted molar refractivity (Wildman–Crippen MR) is 73.2 cm³/mol. The summed E-state index contributed by atoms with van der Waals surface area (Å²) < 4.78 is 26.6. The molecule has 0 fully saturated rings. The minimum Gasteiger partial charge on any atom is -0.321 e. The van der Waals surface area contributed by atoms with E-state index in [1.54, 1.807) is 6.07 Å². The summed E-state index contributed by atoms with van der Waals surface area (Å²) in [5.41, 5.74) is -0.00707. The fraction of sp³-hybridized carbons (Fsp3) is 0. The second kappa shape index (κ2) is 5.80. The quantitative estimate of drug-likeness (QED) is 0.905. The fourth-order valence-electron chi connectivity index (χ4n) is 1.61. The molecule has 3 nitrogen and oxygen atoms in total. The van der Waals surface area contributed by atoms with Crippen LogP contribution in [0, 0.1) is 23.0 Å². The van der Waals surface area contributed by atoms with Crippen LogP contribution >= 0.6 is 15.9 Å². The Hall–Kier alpha value is -2.26. The van der Waals surface area contributed by atoms with Gasteiger partial charge in [-0.3, -0.25) is 4.79 Å². The van der Waals surface area contributed by atoms with Gasteiger partial charge in [0.1, 0.15) is 23.3 Å². The zero-order chi connectivity index (χ0) is 14.7. The van der Waals surface area contributed by atoms with Crippen molar-refractivity contribution < 1.29 is 13.6 Å². The Morgan fingerprint density at radius 3 is 2.65 bits per heavy atom. The molecule has 0 spiro atoms. The molecule has 2 rings (SSSR count). The standard InChI is InChI=1S/C14H7BrF2N2O/c15-11-6-8(16)4-5-9(11)14(20)19-13-3-1-2-12(17)10(13)7-18/h1-6H,(H,19,20). The topological polar surface area (TPSA) is 52.9 Å². The number of rotatable bonds is 2. The van der Waals surface area contributed by atoms with Gasteiger partial charge in [-0.2, -0.15) is 5.26 Å². The number of nitrogens with one attached hydrogen (secondary N) is 1. The average molecular weight is 337 g/mol. The van der Waals surface area contributed by atoms with Crippen molar-refractivity contribution in [2.75, 3.05) is 5.32 Å².